The third-order valence-corrected chi connectivity index (χ3v) is 3.00. The SMILES string of the molecule is CNC(CCC(F)(F)F)c1cnnn1-c1ccccc1. The smallest absolute Gasteiger partial charge is 0.312 e. The highest BCUT2D eigenvalue weighted by Gasteiger charge is 2.29. The van der Waals surface area contributed by atoms with Crippen molar-refractivity contribution in [2.24, 2.45) is 0 Å². The van der Waals surface area contributed by atoms with Crippen LogP contribution in [0.5, 0.6) is 0 Å². The van der Waals surface area contributed by atoms with Crippen molar-refractivity contribution in [3.63, 3.8) is 0 Å². The van der Waals surface area contributed by atoms with Crippen LogP contribution in [0.3, 0.4) is 0 Å². The maximum absolute atomic E-state index is 12.4. The van der Waals surface area contributed by atoms with Crippen LogP contribution in [0.25, 0.3) is 5.69 Å². The number of halogens is 3. The lowest BCUT2D eigenvalue weighted by Crippen LogP contribution is -2.22. The van der Waals surface area contributed by atoms with Gasteiger partial charge in [0.15, 0.2) is 0 Å². The van der Waals surface area contributed by atoms with Gasteiger partial charge in [-0.1, -0.05) is 23.4 Å². The molecular formula is C13H15F3N4. The molecule has 0 spiro atoms. The summed E-state index contributed by atoms with van der Waals surface area (Å²) in [4.78, 5) is 0. The van der Waals surface area contributed by atoms with E-state index in [4.69, 9.17) is 0 Å². The first kappa shape index (κ1) is 14.5. The minimum Gasteiger partial charge on any atom is -0.312 e. The molecule has 2 aromatic rings. The van der Waals surface area contributed by atoms with Gasteiger partial charge in [-0.3, -0.25) is 0 Å². The van der Waals surface area contributed by atoms with Gasteiger partial charge in [0.1, 0.15) is 0 Å². The van der Waals surface area contributed by atoms with Gasteiger partial charge in [-0.25, -0.2) is 4.68 Å². The van der Waals surface area contributed by atoms with Crippen LogP contribution in [0, 0.1) is 0 Å². The summed E-state index contributed by atoms with van der Waals surface area (Å²) in [6.07, 6.45) is -3.58. The first-order chi connectivity index (χ1) is 9.51. The summed E-state index contributed by atoms with van der Waals surface area (Å²) in [5.41, 5.74) is 1.38. The van der Waals surface area contributed by atoms with Crippen molar-refractivity contribution >= 4 is 0 Å². The highest BCUT2D eigenvalue weighted by atomic mass is 19.4. The molecule has 1 aromatic heterocycles. The topological polar surface area (TPSA) is 42.7 Å². The molecule has 0 saturated heterocycles. The fraction of sp³-hybridized carbons (Fsp3) is 0.385. The van der Waals surface area contributed by atoms with Crippen LogP contribution >= 0.6 is 0 Å². The molecule has 0 radical (unpaired) electrons. The molecule has 0 aliphatic heterocycles. The van der Waals surface area contributed by atoms with Crippen molar-refractivity contribution in [3.05, 3.63) is 42.2 Å². The molecule has 0 bridgehead atoms. The van der Waals surface area contributed by atoms with Gasteiger partial charge in [-0.15, -0.1) is 5.10 Å². The Bertz CT molecular complexity index is 536. The predicted molar refractivity (Wildman–Crippen MR) is 68.4 cm³/mol. The molecule has 7 heteroatoms. The number of nitrogens with one attached hydrogen (secondary N) is 1. The Kier molecular flexibility index (Phi) is 4.39. The minimum absolute atomic E-state index is 0.0554. The van der Waals surface area contributed by atoms with Gasteiger partial charge in [-0.05, 0) is 25.6 Å². The van der Waals surface area contributed by atoms with Crippen molar-refractivity contribution in [1.82, 2.24) is 20.3 Å². The molecule has 1 unspecified atom stereocenters. The molecule has 1 atom stereocenters. The normalized spacial score (nSPS) is 13.4. The standard InChI is InChI=1S/C13H15F3N4/c1-17-11(7-8-13(14,15)16)12-9-18-19-20(12)10-5-3-2-4-6-10/h2-6,9,11,17H,7-8H2,1H3. The number of hydrogen-bond donors (Lipinski definition) is 1. The molecule has 0 amide bonds. The molecule has 20 heavy (non-hydrogen) atoms. The average Bonchev–Trinajstić information content (AvgIpc) is 2.88. The zero-order valence-electron chi connectivity index (χ0n) is 10.9. The van der Waals surface area contributed by atoms with E-state index in [1.165, 1.54) is 6.20 Å². The van der Waals surface area contributed by atoms with E-state index < -0.39 is 18.6 Å². The second-order valence-corrected chi connectivity index (χ2v) is 4.40. The van der Waals surface area contributed by atoms with E-state index in [9.17, 15) is 13.2 Å². The van der Waals surface area contributed by atoms with E-state index in [1.807, 2.05) is 30.3 Å². The zero-order valence-corrected chi connectivity index (χ0v) is 10.9. The van der Waals surface area contributed by atoms with Crippen LogP contribution in [0.2, 0.25) is 0 Å². The number of benzene rings is 1. The molecule has 0 aliphatic rings. The van der Waals surface area contributed by atoms with Crippen molar-refractivity contribution in [2.45, 2.75) is 25.1 Å². The number of nitrogens with zero attached hydrogens (tertiary/aromatic N) is 3. The summed E-state index contributed by atoms with van der Waals surface area (Å²) < 4.78 is 38.6. The second-order valence-electron chi connectivity index (χ2n) is 4.40. The lowest BCUT2D eigenvalue weighted by Gasteiger charge is -2.18. The van der Waals surface area contributed by atoms with E-state index >= 15 is 0 Å². The van der Waals surface area contributed by atoms with E-state index in [1.54, 1.807) is 11.7 Å². The van der Waals surface area contributed by atoms with Crippen molar-refractivity contribution in [1.29, 1.82) is 0 Å². The molecular weight excluding hydrogens is 269 g/mol. The summed E-state index contributed by atoms with van der Waals surface area (Å²) in [6.45, 7) is 0. The summed E-state index contributed by atoms with van der Waals surface area (Å²) in [5, 5.41) is 10.6. The Morgan fingerprint density at radius 2 is 1.95 bits per heavy atom. The number of hydrogen-bond acceptors (Lipinski definition) is 3. The monoisotopic (exact) mass is 284 g/mol. The van der Waals surface area contributed by atoms with Gasteiger partial charge >= 0.3 is 6.18 Å². The van der Waals surface area contributed by atoms with Crippen LogP contribution in [0.1, 0.15) is 24.6 Å². The number of rotatable bonds is 5. The Hall–Kier alpha value is -1.89. The fourth-order valence-electron chi connectivity index (χ4n) is 2.00. The second kappa shape index (κ2) is 6.04. The number of alkyl halides is 3. The third-order valence-electron chi connectivity index (χ3n) is 3.00. The van der Waals surface area contributed by atoms with Crippen molar-refractivity contribution in [3.8, 4) is 5.69 Å². The van der Waals surface area contributed by atoms with E-state index in [2.05, 4.69) is 15.6 Å². The highest BCUT2D eigenvalue weighted by Crippen LogP contribution is 2.27. The Morgan fingerprint density at radius 3 is 2.55 bits per heavy atom. The summed E-state index contributed by atoms with van der Waals surface area (Å²) >= 11 is 0. The van der Waals surface area contributed by atoms with Gasteiger partial charge in [0.25, 0.3) is 0 Å². The molecule has 0 fully saturated rings. The van der Waals surface area contributed by atoms with Crippen molar-refractivity contribution < 1.29 is 13.2 Å². The van der Waals surface area contributed by atoms with Gasteiger partial charge in [-0.2, -0.15) is 13.2 Å². The quantitative estimate of drug-likeness (QED) is 0.918. The maximum atomic E-state index is 12.4. The highest BCUT2D eigenvalue weighted by molar-refractivity contribution is 5.32. The van der Waals surface area contributed by atoms with Gasteiger partial charge in [0.2, 0.25) is 0 Å². The molecule has 108 valence electrons. The Labute approximate surface area is 114 Å². The van der Waals surface area contributed by atoms with Crippen LogP contribution in [0.4, 0.5) is 13.2 Å². The van der Waals surface area contributed by atoms with E-state index in [-0.39, 0.29) is 6.42 Å². The van der Waals surface area contributed by atoms with Gasteiger partial charge in [0, 0.05) is 6.42 Å². The number of aromatic nitrogens is 3. The Balaban J connectivity index is 2.21. The van der Waals surface area contributed by atoms with Gasteiger partial charge < -0.3 is 5.32 Å². The molecule has 1 aromatic carbocycles. The van der Waals surface area contributed by atoms with E-state index in [0.717, 1.165) is 5.69 Å². The van der Waals surface area contributed by atoms with Crippen molar-refractivity contribution in [2.75, 3.05) is 7.05 Å². The van der Waals surface area contributed by atoms with Crippen LogP contribution in [-0.2, 0) is 0 Å². The first-order valence-electron chi connectivity index (χ1n) is 6.21. The summed E-state index contributed by atoms with van der Waals surface area (Å²) in [7, 11) is 1.63. The lowest BCUT2D eigenvalue weighted by molar-refractivity contribution is -0.136. The van der Waals surface area contributed by atoms with Crippen LogP contribution in [-0.4, -0.2) is 28.2 Å². The Morgan fingerprint density at radius 1 is 1.25 bits per heavy atom. The summed E-state index contributed by atoms with van der Waals surface area (Å²) in [6, 6.07) is 8.74. The largest absolute Gasteiger partial charge is 0.389 e. The first-order valence-corrected chi connectivity index (χ1v) is 6.21. The van der Waals surface area contributed by atoms with Crippen LogP contribution < -0.4 is 5.32 Å². The van der Waals surface area contributed by atoms with Crippen LogP contribution in [0.15, 0.2) is 36.5 Å². The summed E-state index contributed by atoms with van der Waals surface area (Å²) in [5.74, 6) is 0. The zero-order chi connectivity index (χ0) is 14.6. The third kappa shape index (κ3) is 3.57. The molecule has 2 rings (SSSR count). The molecule has 0 saturated carbocycles. The minimum atomic E-state index is -4.17. The fourth-order valence-corrected chi connectivity index (χ4v) is 2.00. The predicted octanol–water partition coefficient (Wildman–Crippen LogP) is 2.87. The lowest BCUT2D eigenvalue weighted by atomic mass is 10.1. The van der Waals surface area contributed by atoms with E-state index in [0.29, 0.717) is 5.69 Å². The number of para-hydroxylation sites is 1. The molecule has 4 nitrogen and oxygen atoms in total. The molecule has 0 aliphatic carbocycles. The molecule has 1 N–H and O–H groups in total. The van der Waals surface area contributed by atoms with Gasteiger partial charge in [0.05, 0.1) is 23.6 Å². The maximum Gasteiger partial charge on any atom is 0.389 e. The molecule has 1 heterocycles. The average molecular weight is 284 g/mol.